The van der Waals surface area contributed by atoms with Gasteiger partial charge in [0.15, 0.2) is 0 Å². The average Bonchev–Trinajstić information content (AvgIpc) is 2.92. The van der Waals surface area contributed by atoms with Gasteiger partial charge in [0.25, 0.3) is 0 Å². The molecular weight excluding hydrogens is 242 g/mol. The molecule has 0 aromatic rings. The molecule has 0 bridgehead atoms. The van der Waals surface area contributed by atoms with Crippen LogP contribution < -0.4 is 0 Å². The van der Waals surface area contributed by atoms with Gasteiger partial charge in [-0.05, 0) is 38.5 Å². The van der Waals surface area contributed by atoms with Crippen LogP contribution in [0.15, 0.2) is 11.8 Å². The molecule has 19 heavy (non-hydrogen) atoms. The van der Waals surface area contributed by atoms with E-state index in [4.69, 9.17) is 0 Å². The Morgan fingerprint density at radius 1 is 1.26 bits per heavy atom. The molecule has 1 heterocycles. The van der Waals surface area contributed by atoms with Gasteiger partial charge in [-0.2, -0.15) is 0 Å². The highest BCUT2D eigenvalue weighted by Gasteiger charge is 2.51. The van der Waals surface area contributed by atoms with Crippen LogP contribution in [0.5, 0.6) is 0 Å². The summed E-state index contributed by atoms with van der Waals surface area (Å²) in [6.45, 7) is 0. The first kappa shape index (κ1) is 12.7. The van der Waals surface area contributed by atoms with Crippen LogP contribution in [0.4, 0.5) is 0 Å². The van der Waals surface area contributed by atoms with Gasteiger partial charge in [-0.1, -0.05) is 18.9 Å². The summed E-state index contributed by atoms with van der Waals surface area (Å²) in [5, 5.41) is 9.69. The number of carboxylic acid groups (broad SMARTS) is 1. The lowest BCUT2D eigenvalue weighted by Crippen LogP contribution is -2.52. The summed E-state index contributed by atoms with van der Waals surface area (Å²) in [5.74, 6) is -0.606. The van der Waals surface area contributed by atoms with Crippen molar-refractivity contribution in [3.63, 3.8) is 0 Å². The van der Waals surface area contributed by atoms with Gasteiger partial charge in [-0.3, -0.25) is 9.59 Å². The summed E-state index contributed by atoms with van der Waals surface area (Å²) in [5.41, 5.74) is 0.0313. The number of fused-ring (bicyclic) bond motifs is 1. The molecule has 104 valence electrons. The smallest absolute Gasteiger partial charge is 0.315 e. The number of aliphatic carboxylic acids is 1. The number of carbonyl (C=O) groups is 2. The Morgan fingerprint density at radius 2 is 2.00 bits per heavy atom. The number of hydrogen-bond acceptors (Lipinski definition) is 2. The van der Waals surface area contributed by atoms with Crippen LogP contribution in [0.2, 0.25) is 0 Å². The van der Waals surface area contributed by atoms with Gasteiger partial charge in [0.2, 0.25) is 5.91 Å². The predicted octanol–water partition coefficient (Wildman–Crippen LogP) is 2.69. The van der Waals surface area contributed by atoms with E-state index in [1.807, 2.05) is 11.0 Å². The molecule has 0 aromatic heterocycles. The standard InChI is InChI=1S/C15H21NO3/c17-13-8-10-15(14(18)19)9-4-3-7-12(15)16(13)11-5-1-2-6-11/h7,11H,1-6,8-10H2,(H,18,19)/t15-/m0/s1. The van der Waals surface area contributed by atoms with Gasteiger partial charge in [0.1, 0.15) is 5.41 Å². The molecular formula is C15H21NO3. The molecule has 2 aliphatic carbocycles. The molecule has 1 N–H and O–H groups in total. The van der Waals surface area contributed by atoms with Crippen molar-refractivity contribution in [2.24, 2.45) is 5.41 Å². The first-order valence-electron chi connectivity index (χ1n) is 7.41. The fourth-order valence-corrected chi connectivity index (χ4v) is 4.01. The number of amides is 1. The second-order valence-corrected chi connectivity index (χ2v) is 6.07. The van der Waals surface area contributed by atoms with E-state index in [0.29, 0.717) is 19.3 Å². The fourth-order valence-electron chi connectivity index (χ4n) is 4.01. The molecule has 0 aromatic carbocycles. The van der Waals surface area contributed by atoms with E-state index in [2.05, 4.69) is 0 Å². The van der Waals surface area contributed by atoms with Crippen molar-refractivity contribution < 1.29 is 14.7 Å². The Balaban J connectivity index is 1.99. The number of likely N-dealkylation sites (tertiary alicyclic amines) is 1. The molecule has 3 aliphatic rings. The molecule has 4 heteroatoms. The lowest BCUT2D eigenvalue weighted by atomic mass is 9.69. The zero-order chi connectivity index (χ0) is 13.5. The third-order valence-electron chi connectivity index (χ3n) is 5.03. The molecule has 1 saturated heterocycles. The molecule has 4 nitrogen and oxygen atoms in total. The number of carboxylic acids is 1. The summed E-state index contributed by atoms with van der Waals surface area (Å²) in [6, 6.07) is 0.246. The van der Waals surface area contributed by atoms with Gasteiger partial charge < -0.3 is 10.0 Å². The number of allylic oxidation sites excluding steroid dienone is 1. The van der Waals surface area contributed by atoms with Crippen molar-refractivity contribution in [2.45, 2.75) is 63.8 Å². The fraction of sp³-hybridized carbons (Fsp3) is 0.733. The van der Waals surface area contributed by atoms with Gasteiger partial charge >= 0.3 is 5.97 Å². The van der Waals surface area contributed by atoms with Crippen LogP contribution in [0.3, 0.4) is 0 Å². The monoisotopic (exact) mass is 263 g/mol. The normalized spacial score (nSPS) is 32.1. The Morgan fingerprint density at radius 3 is 2.68 bits per heavy atom. The Labute approximate surface area is 113 Å². The van der Waals surface area contributed by atoms with Gasteiger partial charge in [-0.25, -0.2) is 0 Å². The van der Waals surface area contributed by atoms with Crippen LogP contribution in [-0.2, 0) is 9.59 Å². The topological polar surface area (TPSA) is 57.6 Å². The first-order valence-corrected chi connectivity index (χ1v) is 7.41. The number of piperidine rings is 1. The molecule has 1 saturated carbocycles. The van der Waals surface area contributed by atoms with Crippen molar-refractivity contribution in [2.75, 3.05) is 0 Å². The molecule has 0 radical (unpaired) electrons. The molecule has 0 unspecified atom stereocenters. The molecule has 2 fully saturated rings. The van der Waals surface area contributed by atoms with E-state index in [1.165, 1.54) is 0 Å². The molecule has 3 rings (SSSR count). The second kappa shape index (κ2) is 4.66. The SMILES string of the molecule is O=C1CC[C@@]2(C(=O)O)CCCC=C2N1C1CCCC1. The second-order valence-electron chi connectivity index (χ2n) is 6.07. The highest BCUT2D eigenvalue weighted by Crippen LogP contribution is 2.48. The summed E-state index contributed by atoms with van der Waals surface area (Å²) < 4.78 is 0. The molecule has 1 amide bonds. The lowest BCUT2D eigenvalue weighted by Gasteiger charge is -2.46. The van der Waals surface area contributed by atoms with Crippen molar-refractivity contribution in [1.82, 2.24) is 4.90 Å². The van der Waals surface area contributed by atoms with Gasteiger partial charge in [-0.15, -0.1) is 0 Å². The number of carbonyl (C=O) groups excluding carboxylic acids is 1. The molecule has 1 atom stereocenters. The van der Waals surface area contributed by atoms with Gasteiger partial charge in [0, 0.05) is 18.2 Å². The van der Waals surface area contributed by atoms with Crippen LogP contribution in [-0.4, -0.2) is 27.9 Å². The van der Waals surface area contributed by atoms with E-state index >= 15 is 0 Å². The van der Waals surface area contributed by atoms with E-state index in [0.717, 1.165) is 44.2 Å². The quantitative estimate of drug-likeness (QED) is 0.833. The number of rotatable bonds is 2. The third-order valence-corrected chi connectivity index (χ3v) is 5.03. The highest BCUT2D eigenvalue weighted by atomic mass is 16.4. The third kappa shape index (κ3) is 1.88. The summed E-state index contributed by atoms with van der Waals surface area (Å²) in [4.78, 5) is 26.0. The first-order chi connectivity index (χ1) is 9.15. The van der Waals surface area contributed by atoms with Crippen LogP contribution in [0, 0.1) is 5.41 Å². The van der Waals surface area contributed by atoms with E-state index in [-0.39, 0.29) is 11.9 Å². The lowest BCUT2D eigenvalue weighted by molar-refractivity contribution is -0.154. The Kier molecular flexibility index (Phi) is 3.11. The summed E-state index contributed by atoms with van der Waals surface area (Å²) >= 11 is 0. The zero-order valence-corrected chi connectivity index (χ0v) is 11.2. The minimum Gasteiger partial charge on any atom is -0.481 e. The number of nitrogens with zero attached hydrogens (tertiary/aromatic N) is 1. The molecule has 0 spiro atoms. The Hall–Kier alpha value is -1.32. The maximum atomic E-state index is 12.3. The average molecular weight is 263 g/mol. The highest BCUT2D eigenvalue weighted by molar-refractivity contribution is 5.87. The predicted molar refractivity (Wildman–Crippen MR) is 70.3 cm³/mol. The van der Waals surface area contributed by atoms with E-state index in [9.17, 15) is 14.7 Å². The maximum absolute atomic E-state index is 12.3. The van der Waals surface area contributed by atoms with Crippen molar-refractivity contribution in [1.29, 1.82) is 0 Å². The Bertz CT molecular complexity index is 437. The summed E-state index contributed by atoms with van der Waals surface area (Å²) in [6.07, 6.45) is 9.76. The zero-order valence-electron chi connectivity index (χ0n) is 11.2. The number of hydrogen-bond donors (Lipinski definition) is 1. The van der Waals surface area contributed by atoms with Crippen molar-refractivity contribution in [3.8, 4) is 0 Å². The van der Waals surface area contributed by atoms with E-state index < -0.39 is 11.4 Å². The largest absolute Gasteiger partial charge is 0.481 e. The summed E-state index contributed by atoms with van der Waals surface area (Å²) in [7, 11) is 0. The van der Waals surface area contributed by atoms with Crippen LogP contribution >= 0.6 is 0 Å². The van der Waals surface area contributed by atoms with Crippen molar-refractivity contribution >= 4 is 11.9 Å². The van der Waals surface area contributed by atoms with E-state index in [1.54, 1.807) is 0 Å². The minimum absolute atomic E-state index is 0.136. The maximum Gasteiger partial charge on any atom is 0.315 e. The van der Waals surface area contributed by atoms with Crippen LogP contribution in [0.25, 0.3) is 0 Å². The van der Waals surface area contributed by atoms with Gasteiger partial charge in [0.05, 0.1) is 0 Å². The molecule has 1 aliphatic heterocycles. The van der Waals surface area contributed by atoms with Crippen LogP contribution in [0.1, 0.15) is 57.8 Å². The van der Waals surface area contributed by atoms with Crippen molar-refractivity contribution in [3.05, 3.63) is 11.8 Å². The minimum atomic E-state index is -0.783.